The lowest BCUT2D eigenvalue weighted by Crippen LogP contribution is -2.42. The molecule has 3 amide bonds. The van der Waals surface area contributed by atoms with Crippen LogP contribution < -0.4 is 16.0 Å². The fraction of sp³-hybridized carbons (Fsp3) is 0.333. The van der Waals surface area contributed by atoms with Crippen molar-refractivity contribution in [3.63, 3.8) is 0 Å². The molecule has 28 heavy (non-hydrogen) atoms. The molecule has 1 saturated heterocycles. The van der Waals surface area contributed by atoms with Crippen LogP contribution in [0.1, 0.15) is 15.9 Å². The number of nitrogens with one attached hydrogen (secondary N) is 3. The van der Waals surface area contributed by atoms with Crippen LogP contribution in [0.15, 0.2) is 48.5 Å². The van der Waals surface area contributed by atoms with Crippen LogP contribution in [0.25, 0.3) is 0 Å². The van der Waals surface area contributed by atoms with Gasteiger partial charge in [-0.1, -0.05) is 24.3 Å². The zero-order valence-electron chi connectivity index (χ0n) is 16.0. The Kier molecular flexibility index (Phi) is 7.00. The first-order valence-corrected chi connectivity index (χ1v) is 9.44. The van der Waals surface area contributed by atoms with Gasteiger partial charge in [-0.25, -0.2) is 4.79 Å². The van der Waals surface area contributed by atoms with Crippen LogP contribution in [0.2, 0.25) is 0 Å². The van der Waals surface area contributed by atoms with E-state index in [4.69, 9.17) is 4.74 Å². The largest absolute Gasteiger partial charge is 0.379 e. The van der Waals surface area contributed by atoms with Gasteiger partial charge in [-0.2, -0.15) is 0 Å². The maximum absolute atomic E-state index is 12.5. The standard InChI is InChI=1S/C21H26N4O3/c1-16-7-8-17(20(26)23-18-5-3-2-4-6-18)15-19(16)24-21(27)22-9-10-25-11-13-28-14-12-25/h2-8,15H,9-14H2,1H3,(H,23,26)(H2,22,24,27). The minimum absolute atomic E-state index is 0.220. The maximum atomic E-state index is 12.5. The molecule has 3 N–H and O–H groups in total. The molecule has 0 unspecified atom stereocenters. The smallest absolute Gasteiger partial charge is 0.319 e. The van der Waals surface area contributed by atoms with Crippen LogP contribution in [0.3, 0.4) is 0 Å². The normalized spacial score (nSPS) is 14.3. The lowest BCUT2D eigenvalue weighted by Gasteiger charge is -2.26. The Labute approximate surface area is 165 Å². The van der Waals surface area contributed by atoms with E-state index in [-0.39, 0.29) is 11.9 Å². The molecule has 0 aliphatic carbocycles. The van der Waals surface area contributed by atoms with E-state index in [2.05, 4.69) is 20.9 Å². The predicted molar refractivity (Wildman–Crippen MR) is 110 cm³/mol. The molecule has 1 aliphatic rings. The number of carbonyl (C=O) groups is 2. The van der Waals surface area contributed by atoms with Crippen LogP contribution in [0, 0.1) is 6.92 Å². The van der Waals surface area contributed by atoms with Gasteiger partial charge in [0.25, 0.3) is 5.91 Å². The summed E-state index contributed by atoms with van der Waals surface area (Å²) in [5.74, 6) is -0.220. The molecule has 7 heteroatoms. The van der Waals surface area contributed by atoms with Crippen molar-refractivity contribution in [1.29, 1.82) is 0 Å². The molecule has 0 atom stereocenters. The fourth-order valence-electron chi connectivity index (χ4n) is 2.94. The molecule has 0 spiro atoms. The Balaban J connectivity index is 1.53. The summed E-state index contributed by atoms with van der Waals surface area (Å²) >= 11 is 0. The lowest BCUT2D eigenvalue weighted by atomic mass is 10.1. The Morgan fingerprint density at radius 3 is 2.54 bits per heavy atom. The first kappa shape index (κ1) is 19.9. The van der Waals surface area contributed by atoms with Crippen LogP contribution >= 0.6 is 0 Å². The number of benzene rings is 2. The molecular formula is C21H26N4O3. The molecule has 1 fully saturated rings. The number of ether oxygens (including phenoxy) is 1. The fourth-order valence-corrected chi connectivity index (χ4v) is 2.94. The molecule has 148 valence electrons. The average molecular weight is 382 g/mol. The highest BCUT2D eigenvalue weighted by molar-refractivity contribution is 6.05. The molecule has 2 aromatic carbocycles. The first-order valence-electron chi connectivity index (χ1n) is 9.44. The zero-order valence-corrected chi connectivity index (χ0v) is 16.0. The number of nitrogens with zero attached hydrogens (tertiary/aromatic N) is 1. The third-order valence-corrected chi connectivity index (χ3v) is 4.60. The van der Waals surface area contributed by atoms with E-state index in [1.807, 2.05) is 43.3 Å². The molecule has 7 nitrogen and oxygen atoms in total. The predicted octanol–water partition coefficient (Wildman–Crippen LogP) is 2.70. The van der Waals surface area contributed by atoms with E-state index in [0.29, 0.717) is 17.8 Å². The van der Waals surface area contributed by atoms with Crippen molar-refractivity contribution in [3.8, 4) is 0 Å². The highest BCUT2D eigenvalue weighted by Gasteiger charge is 2.12. The van der Waals surface area contributed by atoms with Gasteiger partial charge in [-0.15, -0.1) is 0 Å². The Hall–Kier alpha value is -2.90. The number of hydrogen-bond donors (Lipinski definition) is 3. The Bertz CT molecular complexity index is 805. The second-order valence-electron chi connectivity index (χ2n) is 6.68. The number of para-hydroxylation sites is 1. The third-order valence-electron chi connectivity index (χ3n) is 4.60. The van der Waals surface area contributed by atoms with Crippen molar-refractivity contribution in [2.45, 2.75) is 6.92 Å². The van der Waals surface area contributed by atoms with Crippen molar-refractivity contribution < 1.29 is 14.3 Å². The van der Waals surface area contributed by atoms with Gasteiger partial charge in [-0.3, -0.25) is 9.69 Å². The summed E-state index contributed by atoms with van der Waals surface area (Å²) in [6.45, 7) is 6.49. The quantitative estimate of drug-likeness (QED) is 0.717. The molecule has 2 aromatic rings. The van der Waals surface area contributed by atoms with E-state index in [1.54, 1.807) is 12.1 Å². The van der Waals surface area contributed by atoms with E-state index < -0.39 is 0 Å². The average Bonchev–Trinajstić information content (AvgIpc) is 2.71. The second-order valence-corrected chi connectivity index (χ2v) is 6.68. The van der Waals surface area contributed by atoms with Crippen molar-refractivity contribution in [3.05, 3.63) is 59.7 Å². The van der Waals surface area contributed by atoms with Crippen LogP contribution in [0.4, 0.5) is 16.2 Å². The first-order chi connectivity index (χ1) is 13.6. The van der Waals surface area contributed by atoms with Gasteiger partial charge in [0.1, 0.15) is 0 Å². The van der Waals surface area contributed by atoms with Crippen LogP contribution in [0.5, 0.6) is 0 Å². The van der Waals surface area contributed by atoms with E-state index in [9.17, 15) is 9.59 Å². The zero-order chi connectivity index (χ0) is 19.8. The molecular weight excluding hydrogens is 356 g/mol. The number of rotatable bonds is 6. The molecule has 1 heterocycles. The van der Waals surface area contributed by atoms with Crippen LogP contribution in [-0.2, 0) is 4.74 Å². The van der Waals surface area contributed by atoms with Gasteiger partial charge in [-0.05, 0) is 36.8 Å². The number of urea groups is 1. The van der Waals surface area contributed by atoms with Crippen molar-refractivity contribution in [2.24, 2.45) is 0 Å². The topological polar surface area (TPSA) is 82.7 Å². The second kappa shape index (κ2) is 9.87. The van der Waals surface area contributed by atoms with Crippen molar-refractivity contribution >= 4 is 23.3 Å². The molecule has 0 radical (unpaired) electrons. The number of aryl methyl sites for hydroxylation is 1. The molecule has 0 aromatic heterocycles. The molecule has 1 aliphatic heterocycles. The van der Waals surface area contributed by atoms with Crippen molar-refractivity contribution in [2.75, 3.05) is 50.0 Å². The third kappa shape index (κ3) is 5.80. The number of anilines is 2. The summed E-state index contributed by atoms with van der Waals surface area (Å²) in [4.78, 5) is 26.9. The summed E-state index contributed by atoms with van der Waals surface area (Å²) in [6.07, 6.45) is 0. The SMILES string of the molecule is Cc1ccc(C(=O)Nc2ccccc2)cc1NC(=O)NCCN1CCOCC1. The van der Waals surface area contributed by atoms with Crippen molar-refractivity contribution in [1.82, 2.24) is 10.2 Å². The summed E-state index contributed by atoms with van der Waals surface area (Å²) in [7, 11) is 0. The van der Waals surface area contributed by atoms with Crippen LogP contribution in [-0.4, -0.2) is 56.2 Å². The molecule has 0 bridgehead atoms. The monoisotopic (exact) mass is 382 g/mol. The summed E-state index contributed by atoms with van der Waals surface area (Å²) in [5.41, 5.74) is 2.71. The number of morpholine rings is 1. The highest BCUT2D eigenvalue weighted by Crippen LogP contribution is 2.18. The van der Waals surface area contributed by atoms with E-state index in [1.165, 1.54) is 0 Å². The minimum atomic E-state index is -0.281. The van der Waals surface area contributed by atoms with E-state index >= 15 is 0 Å². The minimum Gasteiger partial charge on any atom is -0.379 e. The number of hydrogen-bond acceptors (Lipinski definition) is 4. The number of amides is 3. The summed E-state index contributed by atoms with van der Waals surface area (Å²) < 4.78 is 5.31. The molecule has 0 saturated carbocycles. The van der Waals surface area contributed by atoms with Gasteiger partial charge < -0.3 is 20.7 Å². The summed E-state index contributed by atoms with van der Waals surface area (Å²) in [6, 6.07) is 14.2. The summed E-state index contributed by atoms with van der Waals surface area (Å²) in [5, 5.41) is 8.54. The number of carbonyl (C=O) groups excluding carboxylic acids is 2. The maximum Gasteiger partial charge on any atom is 0.319 e. The van der Waals surface area contributed by atoms with Gasteiger partial charge in [0, 0.05) is 43.1 Å². The Morgan fingerprint density at radius 1 is 1.04 bits per heavy atom. The lowest BCUT2D eigenvalue weighted by molar-refractivity contribution is 0.0388. The Morgan fingerprint density at radius 2 is 1.79 bits per heavy atom. The van der Waals surface area contributed by atoms with E-state index in [0.717, 1.165) is 44.1 Å². The highest BCUT2D eigenvalue weighted by atomic mass is 16.5. The van der Waals surface area contributed by atoms with Gasteiger partial charge >= 0.3 is 6.03 Å². The van der Waals surface area contributed by atoms with Gasteiger partial charge in [0.15, 0.2) is 0 Å². The molecule has 3 rings (SSSR count). The van der Waals surface area contributed by atoms with Gasteiger partial charge in [0.05, 0.1) is 13.2 Å². The van der Waals surface area contributed by atoms with Gasteiger partial charge in [0.2, 0.25) is 0 Å².